The summed E-state index contributed by atoms with van der Waals surface area (Å²) < 4.78 is 14.0. The smallest absolute Gasteiger partial charge is 0.359 e. The molecule has 12 heteroatoms. The molecule has 3 aromatic heterocycles. The van der Waals surface area contributed by atoms with E-state index in [-0.39, 0.29) is 23.9 Å². The van der Waals surface area contributed by atoms with Crippen LogP contribution < -0.4 is 10.2 Å². The molecule has 53 heavy (non-hydrogen) atoms. The number of esters is 2. The fraction of sp³-hybridized carbons (Fsp3) is 0.268. The highest BCUT2D eigenvalue weighted by molar-refractivity contribution is 7.22. The topological polar surface area (TPSA) is 129 Å². The maximum Gasteiger partial charge on any atom is 0.359 e. The van der Waals surface area contributed by atoms with Crippen molar-refractivity contribution in [3.8, 4) is 11.1 Å². The first-order chi connectivity index (χ1) is 25.5. The summed E-state index contributed by atoms with van der Waals surface area (Å²) in [6, 6.07) is 27.0. The SMILES string of the molecule is CCOC(=O)c1nn(Cc2ccccc2)c(C)c1-c1ccc(N2CCc3cccc(C(=O)Nc4nc5ccccc5s4)c3C2)nc1C(=O)OC(C)(C)C. The normalized spacial score (nSPS) is 12.7. The van der Waals surface area contributed by atoms with Gasteiger partial charge in [-0.2, -0.15) is 5.10 Å². The van der Waals surface area contributed by atoms with Crippen LogP contribution in [0, 0.1) is 6.92 Å². The van der Waals surface area contributed by atoms with E-state index in [0.29, 0.717) is 59.4 Å². The van der Waals surface area contributed by atoms with Crippen LogP contribution in [0.15, 0.2) is 84.9 Å². The maximum atomic E-state index is 14.0. The Morgan fingerprint density at radius 2 is 1.66 bits per heavy atom. The number of nitrogens with zero attached hydrogens (tertiary/aromatic N) is 5. The average molecular weight is 729 g/mol. The number of fused-ring (bicyclic) bond motifs is 2. The molecule has 0 spiro atoms. The van der Waals surface area contributed by atoms with Crippen LogP contribution in [0.5, 0.6) is 0 Å². The molecule has 1 aliphatic rings. The highest BCUT2D eigenvalue weighted by Crippen LogP contribution is 2.35. The second-order valence-corrected chi connectivity index (χ2v) is 14.8. The standard InChI is InChI=1S/C41H40N6O5S/c1-6-51-38(49)36-34(25(2)47(45-36)23-26-13-8-7-9-14-26)29-19-20-33(43-35(29)39(50)52-41(3,4)5)46-22-21-27-15-12-16-28(30(27)24-46)37(48)44-40-42-31-17-10-11-18-32(31)53-40/h7-20H,6,21-24H2,1-5H3,(H,42,44,48). The predicted molar refractivity (Wildman–Crippen MR) is 206 cm³/mol. The Kier molecular flexibility index (Phi) is 9.80. The molecule has 1 aliphatic heterocycles. The zero-order chi connectivity index (χ0) is 37.3. The van der Waals surface area contributed by atoms with Crippen LogP contribution in [0.4, 0.5) is 10.9 Å². The van der Waals surface area contributed by atoms with Gasteiger partial charge in [0.25, 0.3) is 5.91 Å². The number of nitrogens with one attached hydrogen (secondary N) is 1. The lowest BCUT2D eigenvalue weighted by Gasteiger charge is -2.31. The zero-order valence-corrected chi connectivity index (χ0v) is 31.1. The number of ether oxygens (including phenoxy) is 2. The Morgan fingerprint density at radius 3 is 2.42 bits per heavy atom. The van der Waals surface area contributed by atoms with Crippen molar-refractivity contribution in [2.75, 3.05) is 23.4 Å². The van der Waals surface area contributed by atoms with E-state index in [4.69, 9.17) is 19.6 Å². The fourth-order valence-corrected chi connectivity index (χ4v) is 7.37. The average Bonchev–Trinajstić information content (AvgIpc) is 3.70. The van der Waals surface area contributed by atoms with Crippen LogP contribution in [0.1, 0.15) is 81.4 Å². The molecule has 1 N–H and O–H groups in total. The minimum atomic E-state index is -0.807. The van der Waals surface area contributed by atoms with Crippen LogP contribution in [0.2, 0.25) is 0 Å². The van der Waals surface area contributed by atoms with Crippen LogP contribution in [0.25, 0.3) is 21.3 Å². The molecular weight excluding hydrogens is 689 g/mol. The van der Waals surface area contributed by atoms with Gasteiger partial charge in [0.05, 0.1) is 23.4 Å². The number of pyridine rings is 1. The van der Waals surface area contributed by atoms with Gasteiger partial charge < -0.3 is 14.4 Å². The Balaban J connectivity index is 1.26. The van der Waals surface area contributed by atoms with E-state index in [1.165, 1.54) is 11.3 Å². The van der Waals surface area contributed by atoms with Gasteiger partial charge in [0.15, 0.2) is 16.5 Å². The lowest BCUT2D eigenvalue weighted by molar-refractivity contribution is 0.00634. The molecule has 6 aromatic rings. The summed E-state index contributed by atoms with van der Waals surface area (Å²) in [7, 11) is 0. The van der Waals surface area contributed by atoms with Crippen molar-refractivity contribution < 1.29 is 23.9 Å². The van der Waals surface area contributed by atoms with Gasteiger partial charge in [-0.3, -0.25) is 14.8 Å². The molecule has 0 bridgehead atoms. The van der Waals surface area contributed by atoms with Crippen LogP contribution in [-0.2, 0) is 29.0 Å². The van der Waals surface area contributed by atoms with Gasteiger partial charge in [-0.05, 0) is 88.1 Å². The van der Waals surface area contributed by atoms with Gasteiger partial charge in [0.2, 0.25) is 0 Å². The van der Waals surface area contributed by atoms with Crippen LogP contribution in [-0.4, -0.2) is 56.3 Å². The van der Waals surface area contributed by atoms with Crippen molar-refractivity contribution in [3.63, 3.8) is 0 Å². The number of hydrogen-bond acceptors (Lipinski definition) is 10. The van der Waals surface area contributed by atoms with Gasteiger partial charge >= 0.3 is 11.9 Å². The quantitative estimate of drug-likeness (QED) is 0.148. The minimum Gasteiger partial charge on any atom is -0.461 e. The summed E-state index contributed by atoms with van der Waals surface area (Å²) in [5.74, 6) is -0.933. The molecule has 0 aliphatic carbocycles. The molecule has 0 atom stereocenters. The van der Waals surface area contributed by atoms with Gasteiger partial charge in [-0.1, -0.05) is 65.9 Å². The maximum absolute atomic E-state index is 14.0. The molecule has 1 amide bonds. The molecule has 0 unspecified atom stereocenters. The first-order valence-electron chi connectivity index (χ1n) is 17.5. The number of aromatic nitrogens is 4. The van der Waals surface area contributed by atoms with E-state index in [0.717, 1.165) is 26.9 Å². The van der Waals surface area contributed by atoms with E-state index in [9.17, 15) is 14.4 Å². The number of benzene rings is 3. The first kappa shape index (κ1) is 35.5. The second kappa shape index (κ2) is 14.6. The van der Waals surface area contributed by atoms with Gasteiger partial charge in [0, 0.05) is 35.5 Å². The molecular formula is C41H40N6O5S. The number of para-hydroxylation sites is 1. The van der Waals surface area contributed by atoms with E-state index >= 15 is 0 Å². The summed E-state index contributed by atoms with van der Waals surface area (Å²) in [5.41, 5.74) is 5.21. The summed E-state index contributed by atoms with van der Waals surface area (Å²) in [6.07, 6.45) is 0.668. The number of thiazole rings is 1. The van der Waals surface area contributed by atoms with Crippen molar-refractivity contribution in [2.24, 2.45) is 0 Å². The Bertz CT molecular complexity index is 2310. The van der Waals surface area contributed by atoms with Crippen molar-refractivity contribution in [2.45, 2.75) is 59.7 Å². The Labute approximate surface area is 311 Å². The monoisotopic (exact) mass is 728 g/mol. The molecule has 7 rings (SSSR count). The lowest BCUT2D eigenvalue weighted by Crippen LogP contribution is -2.33. The zero-order valence-electron chi connectivity index (χ0n) is 30.3. The lowest BCUT2D eigenvalue weighted by atomic mass is 9.94. The summed E-state index contributed by atoms with van der Waals surface area (Å²) in [6.45, 7) is 10.6. The number of hydrogen-bond donors (Lipinski definition) is 1. The largest absolute Gasteiger partial charge is 0.461 e. The minimum absolute atomic E-state index is 0.0537. The molecule has 3 aromatic carbocycles. The summed E-state index contributed by atoms with van der Waals surface area (Å²) in [5, 5.41) is 8.22. The number of anilines is 2. The molecule has 11 nitrogen and oxygen atoms in total. The van der Waals surface area contributed by atoms with Crippen molar-refractivity contribution in [3.05, 3.63) is 124 Å². The third kappa shape index (κ3) is 7.54. The van der Waals surface area contributed by atoms with Crippen molar-refractivity contribution in [1.29, 1.82) is 0 Å². The third-order valence-electron chi connectivity index (χ3n) is 8.95. The number of carbonyl (C=O) groups excluding carboxylic acids is 3. The Morgan fingerprint density at radius 1 is 0.887 bits per heavy atom. The number of amides is 1. The number of rotatable bonds is 9. The van der Waals surface area contributed by atoms with Crippen LogP contribution in [0.3, 0.4) is 0 Å². The van der Waals surface area contributed by atoms with Gasteiger partial charge in [0.1, 0.15) is 11.4 Å². The van der Waals surface area contributed by atoms with Crippen LogP contribution >= 0.6 is 11.3 Å². The molecule has 0 saturated heterocycles. The summed E-state index contributed by atoms with van der Waals surface area (Å²) >= 11 is 1.43. The first-order valence-corrected chi connectivity index (χ1v) is 18.4. The van der Waals surface area contributed by atoms with E-state index < -0.39 is 17.5 Å². The highest BCUT2D eigenvalue weighted by Gasteiger charge is 2.31. The van der Waals surface area contributed by atoms with Crippen molar-refractivity contribution in [1.82, 2.24) is 19.7 Å². The molecule has 270 valence electrons. The second-order valence-electron chi connectivity index (χ2n) is 13.8. The molecule has 4 heterocycles. The van der Waals surface area contributed by atoms with Gasteiger partial charge in [-0.25, -0.2) is 19.6 Å². The third-order valence-corrected chi connectivity index (χ3v) is 9.90. The van der Waals surface area contributed by atoms with E-state index in [1.807, 2.05) is 90.7 Å². The van der Waals surface area contributed by atoms with Crippen molar-refractivity contribution >= 4 is 50.3 Å². The molecule has 0 saturated carbocycles. The Hall–Kier alpha value is -5.88. The van der Waals surface area contributed by atoms with E-state index in [1.54, 1.807) is 38.4 Å². The van der Waals surface area contributed by atoms with E-state index in [2.05, 4.69) is 10.3 Å². The van der Waals surface area contributed by atoms with Gasteiger partial charge in [-0.15, -0.1) is 0 Å². The summed E-state index contributed by atoms with van der Waals surface area (Å²) in [4.78, 5) is 52.6. The predicted octanol–water partition coefficient (Wildman–Crippen LogP) is 7.86. The number of carbonyl (C=O) groups is 3. The fourth-order valence-electron chi connectivity index (χ4n) is 6.51. The highest BCUT2D eigenvalue weighted by atomic mass is 32.1. The molecule has 0 radical (unpaired) electrons. The molecule has 0 fully saturated rings.